The van der Waals surface area contributed by atoms with Crippen LogP contribution in [0.15, 0.2) is 81.8 Å². The summed E-state index contributed by atoms with van der Waals surface area (Å²) in [6.07, 6.45) is 1.55. The van der Waals surface area contributed by atoms with Gasteiger partial charge < -0.3 is 14.2 Å². The molecule has 4 rings (SSSR count). The van der Waals surface area contributed by atoms with Crippen molar-refractivity contribution in [3.05, 3.63) is 78.6 Å². The molecule has 25 heavy (non-hydrogen) atoms. The van der Waals surface area contributed by atoms with E-state index >= 15 is 0 Å². The largest absolute Gasteiger partial charge is 0.459 e. The van der Waals surface area contributed by atoms with E-state index in [1.54, 1.807) is 54.8 Å². The highest BCUT2D eigenvalue weighted by atomic mass is 16.4. The van der Waals surface area contributed by atoms with Crippen molar-refractivity contribution in [3.63, 3.8) is 0 Å². The molecular weight excluding hydrogens is 318 g/mol. The zero-order valence-electron chi connectivity index (χ0n) is 13.0. The van der Waals surface area contributed by atoms with Crippen LogP contribution < -0.4 is 5.32 Å². The normalized spacial score (nSPS) is 10.6. The van der Waals surface area contributed by atoms with Crippen LogP contribution in [0.4, 0.5) is 5.69 Å². The highest BCUT2D eigenvalue weighted by molar-refractivity contribution is 6.04. The van der Waals surface area contributed by atoms with E-state index in [0.717, 1.165) is 5.56 Å². The van der Waals surface area contributed by atoms with Gasteiger partial charge in [0, 0.05) is 16.8 Å². The first-order valence-corrected chi connectivity index (χ1v) is 7.64. The van der Waals surface area contributed by atoms with E-state index in [2.05, 4.69) is 15.5 Å². The summed E-state index contributed by atoms with van der Waals surface area (Å²) in [5.41, 5.74) is 2.04. The van der Waals surface area contributed by atoms with Crippen LogP contribution in [-0.4, -0.2) is 16.1 Å². The number of hydrogen-bond acceptors (Lipinski definition) is 5. The average Bonchev–Trinajstić information content (AvgIpc) is 3.35. The molecule has 0 unspecified atom stereocenters. The Labute approximate surface area is 143 Å². The number of carbonyl (C=O) groups is 1. The first-order valence-electron chi connectivity index (χ1n) is 7.64. The summed E-state index contributed by atoms with van der Waals surface area (Å²) in [6.45, 7) is 0. The molecule has 0 atom stereocenters. The number of anilines is 1. The maximum Gasteiger partial charge on any atom is 0.283 e. The van der Waals surface area contributed by atoms with Gasteiger partial charge in [-0.2, -0.15) is 0 Å². The second kappa shape index (κ2) is 6.45. The summed E-state index contributed by atoms with van der Waals surface area (Å²) in [4.78, 5) is 12.1. The molecule has 6 heteroatoms. The third kappa shape index (κ3) is 3.18. The lowest BCUT2D eigenvalue weighted by Gasteiger charge is -2.05. The molecule has 2 aromatic carbocycles. The van der Waals surface area contributed by atoms with Crippen molar-refractivity contribution in [2.75, 3.05) is 5.32 Å². The molecule has 0 radical (unpaired) electrons. The summed E-state index contributed by atoms with van der Waals surface area (Å²) < 4.78 is 10.8. The third-order valence-electron chi connectivity index (χ3n) is 3.58. The molecule has 4 aromatic rings. The van der Waals surface area contributed by atoms with Gasteiger partial charge in [-0.15, -0.1) is 10.2 Å². The lowest BCUT2D eigenvalue weighted by atomic mass is 10.2. The number of rotatable bonds is 4. The number of benzene rings is 2. The van der Waals surface area contributed by atoms with Crippen LogP contribution in [0.1, 0.15) is 10.4 Å². The molecule has 6 nitrogen and oxygen atoms in total. The van der Waals surface area contributed by atoms with Gasteiger partial charge in [0.1, 0.15) is 0 Å². The molecule has 0 bridgehead atoms. The van der Waals surface area contributed by atoms with Crippen LogP contribution >= 0.6 is 0 Å². The van der Waals surface area contributed by atoms with Gasteiger partial charge in [0.15, 0.2) is 5.76 Å². The van der Waals surface area contributed by atoms with Crippen molar-refractivity contribution in [1.29, 1.82) is 0 Å². The predicted octanol–water partition coefficient (Wildman–Crippen LogP) is 4.25. The van der Waals surface area contributed by atoms with Crippen molar-refractivity contribution < 1.29 is 13.6 Å². The maximum absolute atomic E-state index is 12.1. The van der Waals surface area contributed by atoms with Crippen LogP contribution in [0.3, 0.4) is 0 Å². The van der Waals surface area contributed by atoms with Crippen LogP contribution in [0, 0.1) is 0 Å². The first kappa shape index (κ1) is 14.9. The third-order valence-corrected chi connectivity index (χ3v) is 3.58. The molecule has 0 fully saturated rings. The molecule has 0 aliphatic rings. The van der Waals surface area contributed by atoms with E-state index in [0.29, 0.717) is 28.8 Å². The molecule has 0 saturated carbocycles. The van der Waals surface area contributed by atoms with E-state index in [1.165, 1.54) is 0 Å². The fourth-order valence-corrected chi connectivity index (χ4v) is 2.33. The Balaban J connectivity index is 1.50. The van der Waals surface area contributed by atoms with Crippen molar-refractivity contribution in [1.82, 2.24) is 10.2 Å². The predicted molar refractivity (Wildman–Crippen MR) is 91.8 cm³/mol. The van der Waals surface area contributed by atoms with E-state index in [-0.39, 0.29) is 5.91 Å². The van der Waals surface area contributed by atoms with E-state index in [9.17, 15) is 4.79 Å². The number of furan rings is 1. The van der Waals surface area contributed by atoms with Gasteiger partial charge in [0.25, 0.3) is 11.8 Å². The van der Waals surface area contributed by atoms with Crippen LogP contribution in [0.2, 0.25) is 0 Å². The SMILES string of the molecule is O=C(Nc1ccc(-c2nnc(-c3ccco3)o2)cc1)c1ccccc1. The number of hydrogen-bond donors (Lipinski definition) is 1. The topological polar surface area (TPSA) is 81.2 Å². The fraction of sp³-hybridized carbons (Fsp3) is 0. The zero-order chi connectivity index (χ0) is 17.1. The quantitative estimate of drug-likeness (QED) is 0.604. The maximum atomic E-state index is 12.1. The van der Waals surface area contributed by atoms with Crippen LogP contribution in [0.5, 0.6) is 0 Å². The Morgan fingerprint density at radius 2 is 1.60 bits per heavy atom. The monoisotopic (exact) mass is 331 g/mol. The Kier molecular flexibility index (Phi) is 3.84. The molecule has 2 aromatic heterocycles. The number of amides is 1. The van der Waals surface area contributed by atoms with Gasteiger partial charge in [-0.25, -0.2) is 0 Å². The van der Waals surface area contributed by atoms with Crippen molar-refractivity contribution >= 4 is 11.6 Å². The van der Waals surface area contributed by atoms with Gasteiger partial charge in [-0.05, 0) is 48.5 Å². The van der Waals surface area contributed by atoms with Gasteiger partial charge in [-0.1, -0.05) is 18.2 Å². The van der Waals surface area contributed by atoms with Gasteiger partial charge in [-0.3, -0.25) is 4.79 Å². The lowest BCUT2D eigenvalue weighted by molar-refractivity contribution is 0.102. The van der Waals surface area contributed by atoms with Crippen molar-refractivity contribution in [2.24, 2.45) is 0 Å². The molecule has 2 heterocycles. The minimum atomic E-state index is -0.161. The summed E-state index contributed by atoms with van der Waals surface area (Å²) >= 11 is 0. The van der Waals surface area contributed by atoms with Crippen molar-refractivity contribution in [3.8, 4) is 23.1 Å². The summed E-state index contributed by atoms with van der Waals surface area (Å²) in [5, 5.41) is 10.8. The fourth-order valence-electron chi connectivity index (χ4n) is 2.33. The average molecular weight is 331 g/mol. The van der Waals surface area contributed by atoms with E-state index in [4.69, 9.17) is 8.83 Å². The molecule has 1 N–H and O–H groups in total. The smallest absolute Gasteiger partial charge is 0.283 e. The van der Waals surface area contributed by atoms with Gasteiger partial charge >= 0.3 is 0 Å². The molecule has 1 amide bonds. The molecule has 0 aliphatic carbocycles. The Bertz CT molecular complexity index is 974. The molecular formula is C19H13N3O3. The molecule has 0 saturated heterocycles. The van der Waals surface area contributed by atoms with E-state index in [1.807, 2.05) is 18.2 Å². The Hall–Kier alpha value is -3.67. The first-order chi connectivity index (χ1) is 12.3. The Morgan fingerprint density at radius 3 is 2.32 bits per heavy atom. The minimum Gasteiger partial charge on any atom is -0.459 e. The second-order valence-corrected chi connectivity index (χ2v) is 5.29. The lowest BCUT2D eigenvalue weighted by Crippen LogP contribution is -2.11. The Morgan fingerprint density at radius 1 is 0.840 bits per heavy atom. The number of carbonyl (C=O) groups excluding carboxylic acids is 1. The number of aromatic nitrogens is 2. The summed E-state index contributed by atoms with van der Waals surface area (Å²) in [6, 6.07) is 19.7. The van der Waals surface area contributed by atoms with Crippen LogP contribution in [-0.2, 0) is 0 Å². The van der Waals surface area contributed by atoms with E-state index < -0.39 is 0 Å². The zero-order valence-corrected chi connectivity index (χ0v) is 13.0. The number of nitrogens with one attached hydrogen (secondary N) is 1. The molecule has 122 valence electrons. The number of nitrogens with zero attached hydrogens (tertiary/aromatic N) is 2. The summed E-state index contributed by atoms with van der Waals surface area (Å²) in [5.74, 6) is 1.06. The van der Waals surface area contributed by atoms with Gasteiger partial charge in [0.05, 0.1) is 6.26 Å². The molecule has 0 aliphatic heterocycles. The highest BCUT2D eigenvalue weighted by Gasteiger charge is 2.12. The van der Waals surface area contributed by atoms with Crippen molar-refractivity contribution in [2.45, 2.75) is 0 Å². The second-order valence-electron chi connectivity index (χ2n) is 5.29. The van der Waals surface area contributed by atoms with Crippen LogP contribution in [0.25, 0.3) is 23.1 Å². The summed E-state index contributed by atoms with van der Waals surface area (Å²) in [7, 11) is 0. The molecule has 0 spiro atoms. The minimum absolute atomic E-state index is 0.161. The standard InChI is InChI=1S/C19H13N3O3/c23-17(13-5-2-1-3-6-13)20-15-10-8-14(9-11-15)18-21-22-19(25-18)16-7-4-12-24-16/h1-12H,(H,20,23). The highest BCUT2D eigenvalue weighted by Crippen LogP contribution is 2.25. The van der Waals surface area contributed by atoms with Gasteiger partial charge in [0.2, 0.25) is 5.89 Å².